The van der Waals surface area contributed by atoms with Crippen molar-refractivity contribution >= 4 is 23.4 Å². The van der Waals surface area contributed by atoms with E-state index in [2.05, 4.69) is 5.32 Å². The maximum Gasteiger partial charge on any atom is 0.261 e. The quantitative estimate of drug-likeness (QED) is 0.749. The van der Waals surface area contributed by atoms with Gasteiger partial charge in [0, 0.05) is 18.1 Å². The van der Waals surface area contributed by atoms with E-state index in [1.807, 2.05) is 0 Å². The fourth-order valence-corrected chi connectivity index (χ4v) is 2.58. The average Bonchev–Trinajstić information content (AvgIpc) is 2.66. The summed E-state index contributed by atoms with van der Waals surface area (Å²) in [6, 6.07) is 11.7. The molecule has 0 saturated carbocycles. The van der Waals surface area contributed by atoms with Gasteiger partial charge in [-0.25, -0.2) is 4.39 Å². The van der Waals surface area contributed by atoms with E-state index in [0.29, 0.717) is 22.9 Å². The smallest absolute Gasteiger partial charge is 0.261 e. The van der Waals surface area contributed by atoms with Crippen molar-refractivity contribution in [1.82, 2.24) is 10.2 Å². The molecular formula is C20H22ClFN2O3. The molecule has 144 valence electrons. The fourth-order valence-electron chi connectivity index (χ4n) is 2.45. The highest BCUT2D eigenvalue weighted by Gasteiger charge is 2.26. The van der Waals surface area contributed by atoms with Crippen LogP contribution in [-0.2, 0) is 16.1 Å². The van der Waals surface area contributed by atoms with Crippen molar-refractivity contribution in [3.8, 4) is 5.75 Å². The molecule has 0 aromatic heterocycles. The van der Waals surface area contributed by atoms with Crippen LogP contribution in [0.1, 0.15) is 19.4 Å². The Labute approximate surface area is 163 Å². The summed E-state index contributed by atoms with van der Waals surface area (Å²) in [6.07, 6.45) is 0. The molecule has 0 bridgehead atoms. The van der Waals surface area contributed by atoms with Gasteiger partial charge in [0.15, 0.2) is 6.61 Å². The largest absolute Gasteiger partial charge is 0.484 e. The minimum atomic E-state index is -0.698. The topological polar surface area (TPSA) is 58.6 Å². The Morgan fingerprint density at radius 3 is 2.37 bits per heavy atom. The third-order valence-corrected chi connectivity index (χ3v) is 4.21. The molecule has 1 N–H and O–H groups in total. The van der Waals surface area contributed by atoms with E-state index in [1.54, 1.807) is 50.2 Å². The first-order valence-electron chi connectivity index (χ1n) is 8.60. The van der Waals surface area contributed by atoms with Gasteiger partial charge in [0.2, 0.25) is 5.91 Å². The third-order valence-electron chi connectivity index (χ3n) is 3.96. The number of carbonyl (C=O) groups excluding carboxylic acids is 2. The number of hydrogen-bond donors (Lipinski definition) is 1. The van der Waals surface area contributed by atoms with Crippen LogP contribution in [0.3, 0.4) is 0 Å². The highest BCUT2D eigenvalue weighted by Crippen LogP contribution is 2.16. The van der Waals surface area contributed by atoms with Crippen LogP contribution in [0.4, 0.5) is 4.39 Å². The number of ether oxygens (including phenoxy) is 1. The highest BCUT2D eigenvalue weighted by molar-refractivity contribution is 6.30. The van der Waals surface area contributed by atoms with E-state index in [1.165, 1.54) is 17.0 Å². The molecule has 0 radical (unpaired) electrons. The van der Waals surface area contributed by atoms with Gasteiger partial charge in [-0.3, -0.25) is 9.59 Å². The molecular weight excluding hydrogens is 371 g/mol. The lowest BCUT2D eigenvalue weighted by Gasteiger charge is -2.28. The number of nitrogens with one attached hydrogen (secondary N) is 1. The number of benzene rings is 2. The lowest BCUT2D eigenvalue weighted by Crippen LogP contribution is -2.49. The van der Waals surface area contributed by atoms with Crippen molar-refractivity contribution in [3.63, 3.8) is 0 Å². The van der Waals surface area contributed by atoms with Crippen LogP contribution in [0.5, 0.6) is 5.75 Å². The molecule has 5 nitrogen and oxygen atoms in total. The standard InChI is InChI=1S/C20H22ClFN2O3/c1-3-23-20(26)14(2)24(12-15-4-8-17(22)9-5-15)19(25)13-27-18-10-6-16(21)7-11-18/h4-11,14H,3,12-13H2,1-2H3,(H,23,26). The zero-order valence-corrected chi connectivity index (χ0v) is 16.0. The normalized spacial score (nSPS) is 11.6. The Bertz CT molecular complexity index is 766. The van der Waals surface area contributed by atoms with Gasteiger partial charge >= 0.3 is 0 Å². The number of hydrogen-bond acceptors (Lipinski definition) is 3. The number of amides is 2. The number of likely N-dealkylation sites (N-methyl/N-ethyl adjacent to an activating group) is 1. The predicted octanol–water partition coefficient (Wildman–Crippen LogP) is 3.41. The predicted molar refractivity (Wildman–Crippen MR) is 102 cm³/mol. The second kappa shape index (κ2) is 9.92. The second-order valence-corrected chi connectivity index (χ2v) is 6.40. The van der Waals surface area contributed by atoms with Gasteiger partial charge in [-0.1, -0.05) is 23.7 Å². The molecule has 0 aliphatic rings. The van der Waals surface area contributed by atoms with Crippen molar-refractivity contribution < 1.29 is 18.7 Å². The van der Waals surface area contributed by atoms with Gasteiger partial charge in [-0.2, -0.15) is 0 Å². The molecule has 27 heavy (non-hydrogen) atoms. The highest BCUT2D eigenvalue weighted by atomic mass is 35.5. The Balaban J connectivity index is 2.11. The molecule has 0 aliphatic heterocycles. The molecule has 2 amide bonds. The number of carbonyl (C=O) groups is 2. The van der Waals surface area contributed by atoms with E-state index >= 15 is 0 Å². The summed E-state index contributed by atoms with van der Waals surface area (Å²) in [7, 11) is 0. The van der Waals surface area contributed by atoms with Crippen molar-refractivity contribution in [1.29, 1.82) is 0 Å². The molecule has 2 aromatic carbocycles. The molecule has 2 aromatic rings. The van der Waals surface area contributed by atoms with Gasteiger partial charge in [0.05, 0.1) is 0 Å². The van der Waals surface area contributed by atoms with Crippen LogP contribution in [-0.4, -0.2) is 35.9 Å². The Morgan fingerprint density at radius 1 is 1.15 bits per heavy atom. The van der Waals surface area contributed by atoms with E-state index in [-0.39, 0.29) is 30.8 Å². The monoisotopic (exact) mass is 392 g/mol. The van der Waals surface area contributed by atoms with Crippen LogP contribution in [0.15, 0.2) is 48.5 Å². The van der Waals surface area contributed by atoms with Crippen LogP contribution in [0, 0.1) is 5.82 Å². The first-order chi connectivity index (χ1) is 12.9. The summed E-state index contributed by atoms with van der Waals surface area (Å²) in [5.74, 6) is -0.480. The van der Waals surface area contributed by atoms with Gasteiger partial charge < -0.3 is 15.0 Å². The molecule has 0 spiro atoms. The number of halogens is 2. The molecule has 0 saturated heterocycles. The zero-order valence-electron chi connectivity index (χ0n) is 15.2. The molecule has 1 unspecified atom stereocenters. The van der Waals surface area contributed by atoms with Gasteiger partial charge in [-0.15, -0.1) is 0 Å². The summed E-state index contributed by atoms with van der Waals surface area (Å²) >= 11 is 5.83. The molecule has 0 aliphatic carbocycles. The lowest BCUT2D eigenvalue weighted by atomic mass is 10.1. The minimum Gasteiger partial charge on any atom is -0.484 e. The molecule has 0 heterocycles. The van der Waals surface area contributed by atoms with Crippen LogP contribution in [0.25, 0.3) is 0 Å². The molecule has 7 heteroatoms. The third kappa shape index (κ3) is 6.25. The lowest BCUT2D eigenvalue weighted by molar-refractivity contribution is -0.142. The second-order valence-electron chi connectivity index (χ2n) is 5.96. The SMILES string of the molecule is CCNC(=O)C(C)N(Cc1ccc(F)cc1)C(=O)COc1ccc(Cl)cc1. The fraction of sp³-hybridized carbons (Fsp3) is 0.300. The number of rotatable bonds is 8. The summed E-state index contributed by atoms with van der Waals surface area (Å²) in [6.45, 7) is 3.85. The summed E-state index contributed by atoms with van der Waals surface area (Å²) in [5.41, 5.74) is 0.715. The van der Waals surface area contributed by atoms with Crippen LogP contribution >= 0.6 is 11.6 Å². The summed E-state index contributed by atoms with van der Waals surface area (Å²) in [5, 5.41) is 3.27. The van der Waals surface area contributed by atoms with Crippen molar-refractivity contribution in [2.45, 2.75) is 26.4 Å². The van der Waals surface area contributed by atoms with Crippen molar-refractivity contribution in [2.75, 3.05) is 13.2 Å². The molecule has 0 fully saturated rings. The maximum atomic E-state index is 13.1. The molecule has 1 atom stereocenters. The first kappa shape index (κ1) is 20.7. The summed E-state index contributed by atoms with van der Waals surface area (Å²) in [4.78, 5) is 26.4. The maximum absolute atomic E-state index is 13.1. The molecule has 2 rings (SSSR count). The Hall–Kier alpha value is -2.60. The van der Waals surface area contributed by atoms with Crippen LogP contribution in [0.2, 0.25) is 5.02 Å². The van der Waals surface area contributed by atoms with Gasteiger partial charge in [0.1, 0.15) is 17.6 Å². The van der Waals surface area contributed by atoms with Crippen molar-refractivity contribution in [2.24, 2.45) is 0 Å². The van der Waals surface area contributed by atoms with Crippen LogP contribution < -0.4 is 10.1 Å². The van der Waals surface area contributed by atoms with E-state index in [9.17, 15) is 14.0 Å². The Kier molecular flexibility index (Phi) is 7.61. The minimum absolute atomic E-state index is 0.168. The van der Waals surface area contributed by atoms with E-state index in [4.69, 9.17) is 16.3 Å². The van der Waals surface area contributed by atoms with Gasteiger partial charge in [-0.05, 0) is 55.8 Å². The van der Waals surface area contributed by atoms with E-state index < -0.39 is 6.04 Å². The summed E-state index contributed by atoms with van der Waals surface area (Å²) < 4.78 is 18.6. The van der Waals surface area contributed by atoms with Crippen molar-refractivity contribution in [3.05, 3.63) is 64.9 Å². The average molecular weight is 393 g/mol. The van der Waals surface area contributed by atoms with E-state index in [0.717, 1.165) is 0 Å². The Morgan fingerprint density at radius 2 is 1.78 bits per heavy atom. The number of nitrogens with zero attached hydrogens (tertiary/aromatic N) is 1. The first-order valence-corrected chi connectivity index (χ1v) is 8.98. The zero-order chi connectivity index (χ0) is 19.8. The van der Waals surface area contributed by atoms with Gasteiger partial charge in [0.25, 0.3) is 5.91 Å².